The van der Waals surface area contributed by atoms with Crippen LogP contribution in [0, 0.1) is 0 Å². The third kappa shape index (κ3) is 5.96. The van der Waals surface area contributed by atoms with Crippen molar-refractivity contribution < 1.29 is 0 Å². The van der Waals surface area contributed by atoms with Gasteiger partial charge in [-0.15, -0.1) is 0 Å². The number of fused-ring (bicyclic) bond motifs is 11. The molecular formula is C64H44N2. The molecule has 1 N–H and O–H groups in total. The fourth-order valence-corrected chi connectivity index (χ4v) is 11.2. The van der Waals surface area contributed by atoms with Crippen molar-refractivity contribution in [2.24, 2.45) is 0 Å². The summed E-state index contributed by atoms with van der Waals surface area (Å²) in [7, 11) is 0. The largest absolute Gasteiger partial charge is 0.374 e. The molecule has 3 aliphatic rings. The summed E-state index contributed by atoms with van der Waals surface area (Å²) in [5.74, 6) is 0. The van der Waals surface area contributed by atoms with Crippen LogP contribution in [0.1, 0.15) is 45.0 Å². The van der Waals surface area contributed by atoms with Gasteiger partial charge in [0, 0.05) is 28.3 Å². The van der Waals surface area contributed by atoms with Gasteiger partial charge in [0.15, 0.2) is 0 Å². The Balaban J connectivity index is 0.910. The number of anilines is 4. The van der Waals surface area contributed by atoms with Crippen molar-refractivity contribution in [2.45, 2.75) is 11.5 Å². The van der Waals surface area contributed by atoms with Crippen LogP contribution in [0.5, 0.6) is 0 Å². The zero-order valence-corrected chi connectivity index (χ0v) is 36.3. The zero-order valence-electron chi connectivity index (χ0n) is 36.3. The minimum atomic E-state index is -0.397. The Kier molecular flexibility index (Phi) is 8.86. The van der Waals surface area contributed by atoms with Gasteiger partial charge in [0.05, 0.1) is 11.5 Å². The van der Waals surface area contributed by atoms with E-state index in [0.29, 0.717) is 0 Å². The molecule has 1 aliphatic heterocycles. The van der Waals surface area contributed by atoms with Gasteiger partial charge < -0.3 is 10.2 Å². The van der Waals surface area contributed by atoms with Gasteiger partial charge in [0.2, 0.25) is 0 Å². The first-order valence-corrected chi connectivity index (χ1v) is 23.0. The Bertz CT molecular complexity index is 3430. The molecule has 0 amide bonds. The number of nitrogens with one attached hydrogen (secondary N) is 1. The molecule has 66 heavy (non-hydrogen) atoms. The van der Waals surface area contributed by atoms with Crippen LogP contribution in [0.3, 0.4) is 0 Å². The van der Waals surface area contributed by atoms with Gasteiger partial charge in [-0.05, 0) is 138 Å². The minimum absolute atomic E-state index is 0.0451. The smallest absolute Gasteiger partial charge is 0.0725 e. The van der Waals surface area contributed by atoms with Gasteiger partial charge >= 0.3 is 0 Å². The number of benzene rings is 10. The van der Waals surface area contributed by atoms with Crippen LogP contribution in [0.25, 0.3) is 50.1 Å². The molecule has 1 heterocycles. The summed E-state index contributed by atoms with van der Waals surface area (Å²) >= 11 is 0. The molecule has 1 atom stereocenters. The molecule has 0 saturated heterocycles. The summed E-state index contributed by atoms with van der Waals surface area (Å²) in [6, 6.07) is 91.3. The average molecular weight is 841 g/mol. The molecule has 2 nitrogen and oxygen atoms in total. The maximum Gasteiger partial charge on any atom is 0.0725 e. The second-order valence-corrected chi connectivity index (χ2v) is 17.7. The van der Waals surface area contributed by atoms with Crippen LogP contribution in [0.15, 0.2) is 255 Å². The van der Waals surface area contributed by atoms with E-state index in [0.717, 1.165) is 22.7 Å². The van der Waals surface area contributed by atoms with Gasteiger partial charge in [-0.25, -0.2) is 0 Å². The van der Waals surface area contributed by atoms with Crippen LogP contribution in [-0.2, 0) is 5.41 Å². The highest BCUT2D eigenvalue weighted by Crippen LogP contribution is 2.63. The SMILES string of the molecule is C1=C(c2ccc3c(c2)C2(c4ccccc4-c4ccccc42)c2ccccc2-3)c2ccccc2NC1c1ccc(N(c2ccc(-c3ccccc3)cc2)c2cccc(-c3ccccc3)c2)cc1. The molecule has 2 heteroatoms. The molecule has 0 aromatic heterocycles. The summed E-state index contributed by atoms with van der Waals surface area (Å²) < 4.78 is 0. The number of rotatable bonds is 7. The normalized spacial score (nSPS) is 14.5. The van der Waals surface area contributed by atoms with Gasteiger partial charge in [-0.1, -0.05) is 200 Å². The lowest BCUT2D eigenvalue weighted by atomic mass is 9.70. The maximum absolute atomic E-state index is 3.92. The Morgan fingerprint density at radius 2 is 0.788 bits per heavy atom. The Morgan fingerprint density at radius 3 is 1.41 bits per heavy atom. The predicted octanol–water partition coefficient (Wildman–Crippen LogP) is 16.4. The van der Waals surface area contributed by atoms with Gasteiger partial charge in [-0.2, -0.15) is 0 Å². The first-order chi connectivity index (χ1) is 32.7. The molecule has 13 rings (SSSR count). The van der Waals surface area contributed by atoms with Gasteiger partial charge in [-0.3, -0.25) is 0 Å². The maximum atomic E-state index is 3.92. The molecule has 10 aromatic carbocycles. The van der Waals surface area contributed by atoms with E-state index >= 15 is 0 Å². The molecule has 0 bridgehead atoms. The third-order valence-corrected chi connectivity index (χ3v) is 14.1. The minimum Gasteiger partial charge on any atom is -0.374 e. The number of hydrogen-bond acceptors (Lipinski definition) is 2. The molecule has 0 radical (unpaired) electrons. The first-order valence-electron chi connectivity index (χ1n) is 23.0. The van der Waals surface area contributed by atoms with Crippen LogP contribution in [-0.4, -0.2) is 0 Å². The van der Waals surface area contributed by atoms with E-state index in [1.807, 2.05) is 0 Å². The molecule has 10 aromatic rings. The van der Waals surface area contributed by atoms with E-state index in [1.54, 1.807) is 0 Å². The van der Waals surface area contributed by atoms with Crippen molar-refractivity contribution in [1.29, 1.82) is 0 Å². The lowest BCUT2D eigenvalue weighted by Crippen LogP contribution is -2.26. The highest BCUT2D eigenvalue weighted by molar-refractivity contribution is 5.97. The van der Waals surface area contributed by atoms with Crippen LogP contribution in [0.2, 0.25) is 0 Å². The Morgan fingerprint density at radius 1 is 0.318 bits per heavy atom. The van der Waals surface area contributed by atoms with E-state index < -0.39 is 5.41 Å². The summed E-state index contributed by atoms with van der Waals surface area (Å²) in [6.45, 7) is 0. The van der Waals surface area contributed by atoms with Crippen molar-refractivity contribution in [3.8, 4) is 44.5 Å². The lowest BCUT2D eigenvalue weighted by Gasteiger charge is -2.31. The van der Waals surface area contributed by atoms with Crippen molar-refractivity contribution in [1.82, 2.24) is 0 Å². The van der Waals surface area contributed by atoms with Crippen LogP contribution < -0.4 is 10.2 Å². The molecule has 2 aliphatic carbocycles. The Hall–Kier alpha value is -8.46. The van der Waals surface area contributed by atoms with Crippen molar-refractivity contribution in [3.63, 3.8) is 0 Å². The number of hydrogen-bond donors (Lipinski definition) is 1. The van der Waals surface area contributed by atoms with Crippen molar-refractivity contribution >= 4 is 28.3 Å². The monoisotopic (exact) mass is 840 g/mol. The second kappa shape index (κ2) is 15.4. The Labute approximate surface area is 386 Å². The zero-order chi connectivity index (χ0) is 43.6. The van der Waals surface area contributed by atoms with Gasteiger partial charge in [0.25, 0.3) is 0 Å². The summed E-state index contributed by atoms with van der Waals surface area (Å²) in [4.78, 5) is 2.37. The highest BCUT2D eigenvalue weighted by atomic mass is 15.1. The first kappa shape index (κ1) is 38.0. The van der Waals surface area contributed by atoms with Crippen molar-refractivity contribution in [3.05, 3.63) is 294 Å². The lowest BCUT2D eigenvalue weighted by molar-refractivity contribution is 0.793. The fraction of sp³-hybridized carbons (Fsp3) is 0.0312. The molecule has 310 valence electrons. The third-order valence-electron chi connectivity index (χ3n) is 14.1. The van der Waals surface area contributed by atoms with E-state index in [4.69, 9.17) is 0 Å². The topological polar surface area (TPSA) is 15.3 Å². The summed E-state index contributed by atoms with van der Waals surface area (Å²) in [6.07, 6.45) is 2.44. The number of nitrogens with zero attached hydrogens (tertiary/aromatic N) is 1. The quantitative estimate of drug-likeness (QED) is 0.172. The van der Waals surface area contributed by atoms with E-state index in [-0.39, 0.29) is 6.04 Å². The van der Waals surface area contributed by atoms with Crippen LogP contribution >= 0.6 is 0 Å². The van der Waals surface area contributed by atoms with E-state index in [1.165, 1.54) is 89.0 Å². The molecule has 0 fully saturated rings. The van der Waals surface area contributed by atoms with Gasteiger partial charge in [0.1, 0.15) is 0 Å². The molecule has 1 unspecified atom stereocenters. The van der Waals surface area contributed by atoms with E-state index in [2.05, 4.69) is 265 Å². The predicted molar refractivity (Wildman–Crippen MR) is 275 cm³/mol. The van der Waals surface area contributed by atoms with E-state index in [9.17, 15) is 0 Å². The van der Waals surface area contributed by atoms with Crippen LogP contribution in [0.4, 0.5) is 22.7 Å². The second-order valence-electron chi connectivity index (χ2n) is 17.7. The summed E-state index contributed by atoms with van der Waals surface area (Å²) in [5, 5.41) is 3.92. The molecule has 1 spiro atoms. The fourth-order valence-electron chi connectivity index (χ4n) is 11.2. The standard InChI is InChI=1S/C64H44N2/c1-3-16-43(17-4-1)45-30-35-49(36-31-45)66(51-21-15-20-47(40-51)44-18-5-2-6-19-44)50-37-32-46(33-38-50)63-42-57(56-25-10-14-29-62(56)65-63)48-34-39-55-54-24-9-13-28-60(54)64(61(55)41-48)58-26-11-7-22-52(58)53-23-8-12-27-59(53)64/h1-42,63,65H. The highest BCUT2D eigenvalue weighted by Gasteiger charge is 2.51. The molecule has 0 saturated carbocycles. The average Bonchev–Trinajstić information content (AvgIpc) is 3.86. The molecular weight excluding hydrogens is 797 g/mol. The summed E-state index contributed by atoms with van der Waals surface area (Å²) in [5.41, 5.74) is 24.4. The number of para-hydroxylation sites is 1. The van der Waals surface area contributed by atoms with Crippen molar-refractivity contribution in [2.75, 3.05) is 10.2 Å².